The second-order valence-corrected chi connectivity index (χ2v) is 6.50. The summed E-state index contributed by atoms with van der Waals surface area (Å²) in [4.78, 5) is 14.8. The van der Waals surface area contributed by atoms with Gasteiger partial charge in [-0.2, -0.15) is 5.10 Å². The van der Waals surface area contributed by atoms with Crippen molar-refractivity contribution in [2.24, 2.45) is 0 Å². The Kier molecular flexibility index (Phi) is 3.88. The Morgan fingerprint density at radius 1 is 1.04 bits per heavy atom. The zero-order valence-corrected chi connectivity index (χ0v) is 14.6. The second kappa shape index (κ2) is 6.20. The van der Waals surface area contributed by atoms with Crippen LogP contribution in [0.1, 0.15) is 22.5 Å². The molecule has 4 nitrogen and oxygen atoms in total. The van der Waals surface area contributed by atoms with Crippen molar-refractivity contribution in [2.75, 3.05) is 11.4 Å². The van der Waals surface area contributed by atoms with E-state index in [-0.39, 0.29) is 5.91 Å². The SMILES string of the molecule is Cc1nn(-c2ccccc2)c(C)c1CC(=O)N1CCc2ccccc21. The molecule has 0 N–H and O–H groups in total. The van der Waals surface area contributed by atoms with Gasteiger partial charge in [0, 0.05) is 23.5 Å². The van der Waals surface area contributed by atoms with Gasteiger partial charge in [-0.1, -0.05) is 36.4 Å². The Morgan fingerprint density at radius 3 is 2.56 bits per heavy atom. The number of hydrogen-bond donors (Lipinski definition) is 0. The lowest BCUT2D eigenvalue weighted by atomic mass is 10.1. The summed E-state index contributed by atoms with van der Waals surface area (Å²) < 4.78 is 1.93. The number of aryl methyl sites for hydroxylation is 1. The molecule has 126 valence electrons. The van der Waals surface area contributed by atoms with Crippen molar-refractivity contribution < 1.29 is 4.79 Å². The summed E-state index contributed by atoms with van der Waals surface area (Å²) in [5, 5.41) is 4.65. The molecule has 2 heterocycles. The first-order valence-electron chi connectivity index (χ1n) is 8.64. The van der Waals surface area contributed by atoms with Crippen LogP contribution in [0.5, 0.6) is 0 Å². The van der Waals surface area contributed by atoms with Crippen LogP contribution in [0.2, 0.25) is 0 Å². The lowest BCUT2D eigenvalue weighted by Gasteiger charge is -2.17. The van der Waals surface area contributed by atoms with Crippen LogP contribution in [0.3, 0.4) is 0 Å². The van der Waals surface area contributed by atoms with Crippen LogP contribution in [0.25, 0.3) is 5.69 Å². The highest BCUT2D eigenvalue weighted by atomic mass is 16.2. The van der Waals surface area contributed by atoms with Gasteiger partial charge in [0.15, 0.2) is 0 Å². The van der Waals surface area contributed by atoms with E-state index < -0.39 is 0 Å². The molecule has 1 amide bonds. The van der Waals surface area contributed by atoms with Crippen molar-refractivity contribution in [1.82, 2.24) is 9.78 Å². The van der Waals surface area contributed by atoms with Crippen LogP contribution >= 0.6 is 0 Å². The molecule has 4 heteroatoms. The number of rotatable bonds is 3. The minimum absolute atomic E-state index is 0.142. The van der Waals surface area contributed by atoms with Gasteiger partial charge in [0.2, 0.25) is 5.91 Å². The van der Waals surface area contributed by atoms with Gasteiger partial charge >= 0.3 is 0 Å². The van der Waals surface area contributed by atoms with Gasteiger partial charge in [0.1, 0.15) is 0 Å². The fourth-order valence-corrected chi connectivity index (χ4v) is 3.60. The highest BCUT2D eigenvalue weighted by molar-refractivity contribution is 5.96. The minimum Gasteiger partial charge on any atom is -0.312 e. The van der Waals surface area contributed by atoms with Crippen LogP contribution in [0, 0.1) is 13.8 Å². The average Bonchev–Trinajstić information content (AvgIpc) is 3.19. The molecule has 1 aliphatic heterocycles. The first kappa shape index (κ1) is 15.6. The fraction of sp³-hybridized carbons (Fsp3) is 0.238. The van der Waals surface area contributed by atoms with Gasteiger partial charge in [-0.05, 0) is 44.0 Å². The van der Waals surface area contributed by atoms with Gasteiger partial charge in [-0.25, -0.2) is 4.68 Å². The van der Waals surface area contributed by atoms with Crippen molar-refractivity contribution in [3.05, 3.63) is 77.1 Å². The van der Waals surface area contributed by atoms with Crippen molar-refractivity contribution in [3.8, 4) is 5.69 Å². The second-order valence-electron chi connectivity index (χ2n) is 6.50. The van der Waals surface area contributed by atoms with E-state index in [2.05, 4.69) is 11.2 Å². The van der Waals surface area contributed by atoms with Crippen LogP contribution in [0.15, 0.2) is 54.6 Å². The Labute approximate surface area is 147 Å². The molecular formula is C21H21N3O. The maximum atomic E-state index is 12.9. The van der Waals surface area contributed by atoms with Gasteiger partial charge in [0.05, 0.1) is 17.8 Å². The number of anilines is 1. The molecule has 0 unspecified atom stereocenters. The highest BCUT2D eigenvalue weighted by Gasteiger charge is 2.26. The first-order chi connectivity index (χ1) is 12.1. The molecule has 2 aromatic carbocycles. The molecule has 0 radical (unpaired) electrons. The quantitative estimate of drug-likeness (QED) is 0.735. The fourth-order valence-electron chi connectivity index (χ4n) is 3.60. The third kappa shape index (κ3) is 2.74. The minimum atomic E-state index is 0.142. The number of fused-ring (bicyclic) bond motifs is 1. The van der Waals surface area contributed by atoms with Crippen LogP contribution in [-0.4, -0.2) is 22.2 Å². The zero-order valence-electron chi connectivity index (χ0n) is 14.6. The van der Waals surface area contributed by atoms with Crippen molar-refractivity contribution >= 4 is 11.6 Å². The number of aromatic nitrogens is 2. The summed E-state index contributed by atoms with van der Waals surface area (Å²) in [6.07, 6.45) is 1.32. The molecule has 0 aliphatic carbocycles. The monoisotopic (exact) mass is 331 g/mol. The molecular weight excluding hydrogens is 310 g/mol. The Hall–Kier alpha value is -2.88. The van der Waals surface area contributed by atoms with Crippen LogP contribution in [0.4, 0.5) is 5.69 Å². The van der Waals surface area contributed by atoms with Crippen LogP contribution in [-0.2, 0) is 17.6 Å². The van der Waals surface area contributed by atoms with E-state index in [1.165, 1.54) is 5.56 Å². The predicted molar refractivity (Wildman–Crippen MR) is 99.2 cm³/mol. The molecule has 1 aliphatic rings. The van der Waals surface area contributed by atoms with Crippen LogP contribution < -0.4 is 4.90 Å². The number of hydrogen-bond acceptors (Lipinski definition) is 2. The Bertz CT molecular complexity index is 928. The molecule has 0 saturated heterocycles. The van der Waals surface area contributed by atoms with Crippen molar-refractivity contribution in [1.29, 1.82) is 0 Å². The lowest BCUT2D eigenvalue weighted by molar-refractivity contribution is -0.117. The number of carbonyl (C=O) groups is 1. The van der Waals surface area contributed by atoms with Crippen molar-refractivity contribution in [2.45, 2.75) is 26.7 Å². The van der Waals surface area contributed by atoms with E-state index in [0.717, 1.165) is 41.3 Å². The summed E-state index contributed by atoms with van der Waals surface area (Å²) in [6.45, 7) is 4.78. The standard InChI is InChI=1S/C21H21N3O/c1-15-19(16(2)24(22-15)18-9-4-3-5-10-18)14-21(25)23-13-12-17-8-6-7-11-20(17)23/h3-11H,12-14H2,1-2H3. The van der Waals surface area contributed by atoms with E-state index >= 15 is 0 Å². The number of nitrogens with zero attached hydrogens (tertiary/aromatic N) is 3. The lowest BCUT2D eigenvalue weighted by Crippen LogP contribution is -2.30. The third-order valence-corrected chi connectivity index (χ3v) is 4.96. The average molecular weight is 331 g/mol. The summed E-state index contributed by atoms with van der Waals surface area (Å²) >= 11 is 0. The summed E-state index contributed by atoms with van der Waals surface area (Å²) in [6, 6.07) is 18.2. The normalized spacial score (nSPS) is 13.1. The molecule has 3 aromatic rings. The van der Waals surface area contributed by atoms with E-state index in [9.17, 15) is 4.79 Å². The van der Waals surface area contributed by atoms with Gasteiger partial charge in [-0.15, -0.1) is 0 Å². The number of para-hydroxylation sites is 2. The van der Waals surface area contributed by atoms with E-state index in [0.29, 0.717) is 6.42 Å². The molecule has 25 heavy (non-hydrogen) atoms. The third-order valence-electron chi connectivity index (χ3n) is 4.96. The maximum absolute atomic E-state index is 12.9. The molecule has 0 spiro atoms. The first-order valence-corrected chi connectivity index (χ1v) is 8.64. The van der Waals surface area contributed by atoms with Gasteiger partial charge in [0.25, 0.3) is 0 Å². The molecule has 4 rings (SSSR count). The number of benzene rings is 2. The zero-order chi connectivity index (χ0) is 17.4. The van der Waals surface area contributed by atoms with Gasteiger partial charge < -0.3 is 4.90 Å². The number of amides is 1. The summed E-state index contributed by atoms with van der Waals surface area (Å²) in [5.74, 6) is 0.142. The van der Waals surface area contributed by atoms with E-state index in [1.807, 2.05) is 72.0 Å². The predicted octanol–water partition coefficient (Wildman–Crippen LogP) is 3.62. The highest BCUT2D eigenvalue weighted by Crippen LogP contribution is 2.28. The number of carbonyl (C=O) groups excluding carboxylic acids is 1. The molecule has 0 fully saturated rings. The van der Waals surface area contributed by atoms with Gasteiger partial charge in [-0.3, -0.25) is 4.79 Å². The van der Waals surface area contributed by atoms with E-state index in [1.54, 1.807) is 0 Å². The molecule has 0 atom stereocenters. The smallest absolute Gasteiger partial charge is 0.231 e. The summed E-state index contributed by atoms with van der Waals surface area (Å²) in [7, 11) is 0. The molecule has 0 saturated carbocycles. The molecule has 1 aromatic heterocycles. The Balaban J connectivity index is 1.62. The Morgan fingerprint density at radius 2 is 1.76 bits per heavy atom. The summed E-state index contributed by atoms with van der Waals surface area (Å²) in [5.41, 5.74) is 6.31. The van der Waals surface area contributed by atoms with Crippen molar-refractivity contribution in [3.63, 3.8) is 0 Å². The topological polar surface area (TPSA) is 38.1 Å². The maximum Gasteiger partial charge on any atom is 0.231 e. The largest absolute Gasteiger partial charge is 0.312 e. The van der Waals surface area contributed by atoms with E-state index in [4.69, 9.17) is 0 Å². The molecule has 0 bridgehead atoms.